The van der Waals surface area contributed by atoms with Crippen molar-refractivity contribution in [2.75, 3.05) is 7.11 Å². The fraction of sp³-hybridized carbons (Fsp3) is 0.571. The van der Waals surface area contributed by atoms with Gasteiger partial charge in [0.2, 0.25) is 0 Å². The van der Waals surface area contributed by atoms with Crippen LogP contribution >= 0.6 is 0 Å². The van der Waals surface area contributed by atoms with E-state index in [1.807, 2.05) is 0 Å². The molecule has 1 aromatic rings. The van der Waals surface area contributed by atoms with Crippen LogP contribution in [-0.4, -0.2) is 13.2 Å². The third kappa shape index (κ3) is 3.06. The minimum Gasteiger partial charge on any atom is -0.382 e. The Balaban J connectivity index is 2.91. The topological polar surface area (TPSA) is 35.2 Å². The van der Waals surface area contributed by atoms with Crippen LogP contribution in [0.25, 0.3) is 0 Å². The van der Waals surface area contributed by atoms with Crippen molar-refractivity contribution in [1.29, 1.82) is 0 Å². The van der Waals surface area contributed by atoms with Gasteiger partial charge in [-0.3, -0.25) is 0 Å². The summed E-state index contributed by atoms with van der Waals surface area (Å²) in [5.41, 5.74) is 11.4. The molecule has 2 heteroatoms. The summed E-state index contributed by atoms with van der Waals surface area (Å²) in [4.78, 5) is 0. The van der Waals surface area contributed by atoms with Crippen LogP contribution in [0.5, 0.6) is 0 Å². The number of hydrogen-bond acceptors (Lipinski definition) is 2. The Labute approximate surface area is 98.8 Å². The van der Waals surface area contributed by atoms with Crippen molar-refractivity contribution >= 4 is 0 Å². The van der Waals surface area contributed by atoms with E-state index in [4.69, 9.17) is 10.5 Å². The standard InChI is InChI=1S/C14H23NO/c1-9-6-11(3)13(7-10(9)2)14(15)8-12(4)16-5/h6-7,12,14H,8,15H2,1-5H3. The highest BCUT2D eigenvalue weighted by molar-refractivity contribution is 5.38. The second kappa shape index (κ2) is 5.46. The first-order valence-corrected chi connectivity index (χ1v) is 5.81. The highest BCUT2D eigenvalue weighted by Crippen LogP contribution is 2.23. The molecule has 2 N–H and O–H groups in total. The molecule has 16 heavy (non-hydrogen) atoms. The average molecular weight is 221 g/mol. The number of aryl methyl sites for hydroxylation is 3. The quantitative estimate of drug-likeness (QED) is 0.848. The Morgan fingerprint density at radius 2 is 1.69 bits per heavy atom. The van der Waals surface area contributed by atoms with Gasteiger partial charge >= 0.3 is 0 Å². The third-order valence-electron chi connectivity index (χ3n) is 3.27. The van der Waals surface area contributed by atoms with Gasteiger partial charge in [-0.15, -0.1) is 0 Å². The van der Waals surface area contributed by atoms with Crippen molar-refractivity contribution in [3.05, 3.63) is 34.4 Å². The molecule has 0 heterocycles. The molecule has 1 aromatic carbocycles. The van der Waals surface area contributed by atoms with Crippen LogP contribution in [0, 0.1) is 20.8 Å². The minimum atomic E-state index is 0.0641. The molecule has 2 nitrogen and oxygen atoms in total. The van der Waals surface area contributed by atoms with Gasteiger partial charge in [0.25, 0.3) is 0 Å². The van der Waals surface area contributed by atoms with E-state index >= 15 is 0 Å². The summed E-state index contributed by atoms with van der Waals surface area (Å²) in [5.74, 6) is 0. The Morgan fingerprint density at radius 1 is 1.12 bits per heavy atom. The van der Waals surface area contributed by atoms with Crippen LogP contribution in [0.1, 0.15) is 41.6 Å². The van der Waals surface area contributed by atoms with Crippen LogP contribution in [0.4, 0.5) is 0 Å². The van der Waals surface area contributed by atoms with Gasteiger partial charge in [-0.05, 0) is 56.4 Å². The zero-order valence-corrected chi connectivity index (χ0v) is 11.0. The van der Waals surface area contributed by atoms with E-state index in [1.54, 1.807) is 7.11 Å². The monoisotopic (exact) mass is 221 g/mol. The van der Waals surface area contributed by atoms with Gasteiger partial charge in [-0.25, -0.2) is 0 Å². The lowest BCUT2D eigenvalue weighted by molar-refractivity contribution is 0.104. The molecule has 0 fully saturated rings. The Hall–Kier alpha value is -0.860. The number of hydrogen-bond donors (Lipinski definition) is 1. The average Bonchev–Trinajstić information content (AvgIpc) is 2.23. The zero-order valence-electron chi connectivity index (χ0n) is 11.0. The van der Waals surface area contributed by atoms with Gasteiger partial charge in [-0.1, -0.05) is 12.1 Å². The first kappa shape index (κ1) is 13.2. The van der Waals surface area contributed by atoms with Crippen LogP contribution in [0.3, 0.4) is 0 Å². The number of nitrogens with two attached hydrogens (primary N) is 1. The van der Waals surface area contributed by atoms with Gasteiger partial charge in [0.05, 0.1) is 6.10 Å². The lowest BCUT2D eigenvalue weighted by Crippen LogP contribution is -2.19. The summed E-state index contributed by atoms with van der Waals surface area (Å²) in [7, 11) is 1.73. The zero-order chi connectivity index (χ0) is 12.3. The second-order valence-electron chi connectivity index (χ2n) is 4.68. The molecule has 2 atom stereocenters. The number of benzene rings is 1. The third-order valence-corrected chi connectivity index (χ3v) is 3.27. The Kier molecular flexibility index (Phi) is 4.51. The predicted octanol–water partition coefficient (Wildman–Crippen LogP) is 3.04. The van der Waals surface area contributed by atoms with Gasteiger partial charge in [0, 0.05) is 13.2 Å². The summed E-state index contributed by atoms with van der Waals surface area (Å²) in [6.45, 7) is 8.44. The highest BCUT2D eigenvalue weighted by atomic mass is 16.5. The number of methoxy groups -OCH3 is 1. The van der Waals surface area contributed by atoms with E-state index in [1.165, 1.54) is 22.3 Å². The van der Waals surface area contributed by atoms with Crippen molar-refractivity contribution in [3.8, 4) is 0 Å². The van der Waals surface area contributed by atoms with E-state index < -0.39 is 0 Å². The number of ether oxygens (including phenoxy) is 1. The van der Waals surface area contributed by atoms with Crippen LogP contribution in [-0.2, 0) is 4.74 Å². The maximum Gasteiger partial charge on any atom is 0.0561 e. The summed E-state index contributed by atoms with van der Waals surface area (Å²) in [6, 6.07) is 4.48. The van der Waals surface area contributed by atoms with E-state index in [2.05, 4.69) is 39.8 Å². The molecule has 0 aliphatic carbocycles. The number of rotatable bonds is 4. The molecule has 0 aromatic heterocycles. The lowest BCUT2D eigenvalue weighted by Gasteiger charge is -2.19. The van der Waals surface area contributed by atoms with Crippen molar-refractivity contribution < 1.29 is 4.74 Å². The van der Waals surface area contributed by atoms with Gasteiger partial charge in [0.15, 0.2) is 0 Å². The van der Waals surface area contributed by atoms with Crippen molar-refractivity contribution in [2.24, 2.45) is 5.73 Å². The molecular formula is C14H23NO. The van der Waals surface area contributed by atoms with Gasteiger partial charge in [0.1, 0.15) is 0 Å². The minimum absolute atomic E-state index is 0.0641. The van der Waals surface area contributed by atoms with E-state index in [-0.39, 0.29) is 12.1 Å². The molecule has 0 aliphatic rings. The molecule has 0 radical (unpaired) electrons. The summed E-state index contributed by atoms with van der Waals surface area (Å²) in [6.07, 6.45) is 1.07. The van der Waals surface area contributed by atoms with Crippen LogP contribution < -0.4 is 5.73 Å². The smallest absolute Gasteiger partial charge is 0.0561 e. The first-order chi connectivity index (χ1) is 7.45. The Morgan fingerprint density at radius 3 is 2.25 bits per heavy atom. The fourth-order valence-electron chi connectivity index (χ4n) is 1.96. The Bertz CT molecular complexity index is 360. The van der Waals surface area contributed by atoms with Crippen molar-refractivity contribution in [1.82, 2.24) is 0 Å². The molecule has 0 saturated heterocycles. The maximum atomic E-state index is 6.21. The van der Waals surface area contributed by atoms with Crippen LogP contribution in [0.2, 0.25) is 0 Å². The fourth-order valence-corrected chi connectivity index (χ4v) is 1.96. The second-order valence-corrected chi connectivity index (χ2v) is 4.68. The van der Waals surface area contributed by atoms with Crippen molar-refractivity contribution in [3.63, 3.8) is 0 Å². The molecule has 0 aliphatic heterocycles. The molecule has 0 amide bonds. The normalized spacial score (nSPS) is 14.9. The summed E-state index contributed by atoms with van der Waals surface area (Å²) < 4.78 is 5.26. The highest BCUT2D eigenvalue weighted by Gasteiger charge is 2.13. The molecule has 2 unspecified atom stereocenters. The summed E-state index contributed by atoms with van der Waals surface area (Å²) in [5, 5.41) is 0. The molecule has 0 spiro atoms. The SMILES string of the molecule is COC(C)CC(N)c1cc(C)c(C)cc1C. The molecule has 0 bridgehead atoms. The molecule has 1 rings (SSSR count). The van der Waals surface area contributed by atoms with Gasteiger partial charge < -0.3 is 10.5 Å². The summed E-state index contributed by atoms with van der Waals surface area (Å²) >= 11 is 0. The molecular weight excluding hydrogens is 198 g/mol. The maximum absolute atomic E-state index is 6.21. The first-order valence-electron chi connectivity index (χ1n) is 5.81. The van der Waals surface area contributed by atoms with E-state index in [0.717, 1.165) is 6.42 Å². The van der Waals surface area contributed by atoms with Crippen LogP contribution in [0.15, 0.2) is 12.1 Å². The van der Waals surface area contributed by atoms with Crippen molar-refractivity contribution in [2.45, 2.75) is 46.3 Å². The largest absolute Gasteiger partial charge is 0.382 e. The van der Waals surface area contributed by atoms with Gasteiger partial charge in [-0.2, -0.15) is 0 Å². The van der Waals surface area contributed by atoms with E-state index in [9.17, 15) is 0 Å². The molecule has 90 valence electrons. The predicted molar refractivity (Wildman–Crippen MR) is 68.7 cm³/mol. The van der Waals surface area contributed by atoms with E-state index in [0.29, 0.717) is 0 Å². The molecule has 0 saturated carbocycles. The lowest BCUT2D eigenvalue weighted by atomic mass is 9.93.